The van der Waals surface area contributed by atoms with Gasteiger partial charge >= 0.3 is 5.97 Å². The normalized spacial score (nSPS) is 9.73. The maximum absolute atomic E-state index is 11.0. The zero-order chi connectivity index (χ0) is 11.4. The summed E-state index contributed by atoms with van der Waals surface area (Å²) in [5.41, 5.74) is 0.690. The van der Waals surface area contributed by atoms with Gasteiger partial charge in [-0.3, -0.25) is 0 Å². The Morgan fingerprint density at radius 2 is 2.20 bits per heavy atom. The first kappa shape index (κ1) is 11.8. The lowest BCUT2D eigenvalue weighted by atomic mass is 10.1. The van der Waals surface area contributed by atoms with Crippen molar-refractivity contribution in [3.63, 3.8) is 0 Å². The number of hydrogen-bond acceptors (Lipinski definition) is 2. The molecule has 0 aliphatic carbocycles. The van der Waals surface area contributed by atoms with Crippen molar-refractivity contribution >= 4 is 27.7 Å². The summed E-state index contributed by atoms with van der Waals surface area (Å²) in [6.07, 6.45) is 0. The van der Waals surface area contributed by atoms with Gasteiger partial charge in [0.05, 0.1) is 12.2 Å². The highest BCUT2D eigenvalue weighted by Crippen LogP contribution is 2.23. The Morgan fingerprint density at radius 1 is 1.53 bits per heavy atom. The topological polar surface area (TPSA) is 46.5 Å². The van der Waals surface area contributed by atoms with Gasteiger partial charge in [0.1, 0.15) is 5.76 Å². The molecule has 0 fully saturated rings. The van der Waals surface area contributed by atoms with Crippen LogP contribution in [0.1, 0.15) is 22.8 Å². The molecular formula is C11H11BrO3. The maximum atomic E-state index is 11.0. The van der Waals surface area contributed by atoms with E-state index in [1.54, 1.807) is 12.1 Å². The molecular weight excluding hydrogens is 260 g/mol. The summed E-state index contributed by atoms with van der Waals surface area (Å²) >= 11 is 3.22. The van der Waals surface area contributed by atoms with Gasteiger partial charge in [-0.15, -0.1) is 0 Å². The molecule has 0 unspecified atom stereocenters. The highest BCUT2D eigenvalue weighted by Gasteiger charge is 2.13. The molecule has 0 bridgehead atoms. The average molecular weight is 271 g/mol. The molecule has 15 heavy (non-hydrogen) atoms. The molecule has 0 saturated heterocycles. The van der Waals surface area contributed by atoms with E-state index in [1.807, 2.05) is 6.92 Å². The molecule has 0 aliphatic heterocycles. The molecule has 0 aliphatic rings. The zero-order valence-corrected chi connectivity index (χ0v) is 9.87. The van der Waals surface area contributed by atoms with Crippen molar-refractivity contribution in [2.75, 3.05) is 6.61 Å². The van der Waals surface area contributed by atoms with Crippen LogP contribution in [0.4, 0.5) is 0 Å². The minimum atomic E-state index is -0.993. The van der Waals surface area contributed by atoms with E-state index >= 15 is 0 Å². The van der Waals surface area contributed by atoms with E-state index in [9.17, 15) is 4.79 Å². The smallest absolute Gasteiger partial charge is 0.336 e. The van der Waals surface area contributed by atoms with Gasteiger partial charge in [-0.25, -0.2) is 4.79 Å². The summed E-state index contributed by atoms with van der Waals surface area (Å²) in [4.78, 5) is 11.0. The minimum Gasteiger partial charge on any atom is -0.494 e. The molecule has 0 radical (unpaired) electrons. The fourth-order valence-corrected chi connectivity index (χ4v) is 1.55. The van der Waals surface area contributed by atoms with Gasteiger partial charge < -0.3 is 9.84 Å². The second-order valence-corrected chi connectivity index (χ2v) is 3.77. The summed E-state index contributed by atoms with van der Waals surface area (Å²) in [7, 11) is 0. The largest absolute Gasteiger partial charge is 0.494 e. The van der Waals surface area contributed by atoms with Crippen molar-refractivity contribution in [3.8, 4) is 0 Å². The Balaban J connectivity index is 3.17. The molecule has 1 rings (SSSR count). The molecule has 1 N–H and O–H groups in total. The number of benzene rings is 1. The molecule has 0 amide bonds. The van der Waals surface area contributed by atoms with Crippen LogP contribution in [0.2, 0.25) is 0 Å². The monoisotopic (exact) mass is 270 g/mol. The van der Waals surface area contributed by atoms with E-state index in [0.29, 0.717) is 22.4 Å². The zero-order valence-electron chi connectivity index (χ0n) is 8.29. The maximum Gasteiger partial charge on any atom is 0.336 e. The number of aromatic carboxylic acids is 1. The Labute approximate surface area is 96.5 Å². The van der Waals surface area contributed by atoms with Crippen LogP contribution in [0, 0.1) is 0 Å². The van der Waals surface area contributed by atoms with Gasteiger partial charge in [-0.05, 0) is 25.1 Å². The van der Waals surface area contributed by atoms with Gasteiger partial charge in [0.15, 0.2) is 0 Å². The quantitative estimate of drug-likeness (QED) is 0.855. The Kier molecular flexibility index (Phi) is 3.91. The van der Waals surface area contributed by atoms with E-state index in [2.05, 4.69) is 22.5 Å². The lowest BCUT2D eigenvalue weighted by Gasteiger charge is -2.10. The van der Waals surface area contributed by atoms with Crippen molar-refractivity contribution in [3.05, 3.63) is 40.4 Å². The van der Waals surface area contributed by atoms with Crippen molar-refractivity contribution in [2.24, 2.45) is 0 Å². The summed E-state index contributed by atoms with van der Waals surface area (Å²) in [5, 5.41) is 8.99. The summed E-state index contributed by atoms with van der Waals surface area (Å²) in [6.45, 7) is 5.98. The molecule has 0 spiro atoms. The number of rotatable bonds is 4. The number of carboxylic acids is 1. The molecule has 4 heteroatoms. The fraction of sp³-hybridized carbons (Fsp3) is 0.182. The van der Waals surface area contributed by atoms with Gasteiger partial charge in [0.2, 0.25) is 0 Å². The SMILES string of the molecule is C=C(OCC)c1ccc(Br)cc1C(=O)O. The number of carboxylic acid groups (broad SMARTS) is 1. The lowest BCUT2D eigenvalue weighted by Crippen LogP contribution is -2.03. The van der Waals surface area contributed by atoms with Crippen LogP contribution in [0.25, 0.3) is 5.76 Å². The van der Waals surface area contributed by atoms with Crippen LogP contribution in [0.15, 0.2) is 29.3 Å². The molecule has 1 aromatic rings. The van der Waals surface area contributed by atoms with Gasteiger partial charge in [-0.2, -0.15) is 0 Å². The van der Waals surface area contributed by atoms with Crippen LogP contribution in [-0.4, -0.2) is 17.7 Å². The number of ether oxygens (including phenoxy) is 1. The third-order valence-corrected chi connectivity index (χ3v) is 2.32. The van der Waals surface area contributed by atoms with Gasteiger partial charge in [0.25, 0.3) is 0 Å². The fourth-order valence-electron chi connectivity index (χ4n) is 1.19. The molecule has 1 aromatic carbocycles. The number of halogens is 1. The number of carbonyl (C=O) groups is 1. The van der Waals surface area contributed by atoms with E-state index in [-0.39, 0.29) is 5.56 Å². The Hall–Kier alpha value is -1.29. The molecule has 3 nitrogen and oxygen atoms in total. The highest BCUT2D eigenvalue weighted by atomic mass is 79.9. The summed E-state index contributed by atoms with van der Waals surface area (Å²) in [6, 6.07) is 4.96. The van der Waals surface area contributed by atoms with Gasteiger partial charge in [0, 0.05) is 10.0 Å². The van der Waals surface area contributed by atoms with E-state index < -0.39 is 5.97 Å². The first-order valence-corrected chi connectivity index (χ1v) is 5.20. The highest BCUT2D eigenvalue weighted by molar-refractivity contribution is 9.10. The Morgan fingerprint density at radius 3 is 2.73 bits per heavy atom. The Bertz CT molecular complexity index is 399. The molecule has 0 heterocycles. The third-order valence-electron chi connectivity index (χ3n) is 1.83. The minimum absolute atomic E-state index is 0.183. The van der Waals surface area contributed by atoms with Crippen molar-refractivity contribution < 1.29 is 14.6 Å². The molecule has 0 saturated carbocycles. The molecule has 80 valence electrons. The predicted octanol–water partition coefficient (Wildman–Crippen LogP) is 3.15. The third kappa shape index (κ3) is 2.83. The van der Waals surface area contributed by atoms with E-state index in [4.69, 9.17) is 9.84 Å². The van der Waals surface area contributed by atoms with Crippen molar-refractivity contribution in [1.29, 1.82) is 0 Å². The van der Waals surface area contributed by atoms with Crippen LogP contribution in [0.5, 0.6) is 0 Å². The second kappa shape index (κ2) is 4.98. The lowest BCUT2D eigenvalue weighted by molar-refractivity contribution is 0.0695. The van der Waals surface area contributed by atoms with Crippen molar-refractivity contribution in [2.45, 2.75) is 6.92 Å². The van der Waals surface area contributed by atoms with Crippen LogP contribution < -0.4 is 0 Å². The first-order valence-electron chi connectivity index (χ1n) is 4.41. The predicted molar refractivity (Wildman–Crippen MR) is 61.8 cm³/mol. The molecule has 0 aromatic heterocycles. The van der Waals surface area contributed by atoms with E-state index in [1.165, 1.54) is 6.07 Å². The van der Waals surface area contributed by atoms with Crippen LogP contribution in [-0.2, 0) is 4.74 Å². The molecule has 0 atom stereocenters. The van der Waals surface area contributed by atoms with Crippen LogP contribution in [0.3, 0.4) is 0 Å². The standard InChI is InChI=1S/C11H11BrO3/c1-3-15-7(2)9-5-4-8(12)6-10(9)11(13)14/h4-6H,2-3H2,1H3,(H,13,14). The summed E-state index contributed by atoms with van der Waals surface area (Å²) in [5.74, 6) is -0.616. The first-order chi connectivity index (χ1) is 7.06. The summed E-state index contributed by atoms with van der Waals surface area (Å²) < 4.78 is 5.90. The van der Waals surface area contributed by atoms with E-state index in [0.717, 1.165) is 0 Å². The average Bonchev–Trinajstić information content (AvgIpc) is 2.17. The second-order valence-electron chi connectivity index (χ2n) is 2.85. The number of hydrogen-bond donors (Lipinski definition) is 1. The van der Waals surface area contributed by atoms with Crippen molar-refractivity contribution in [1.82, 2.24) is 0 Å². The van der Waals surface area contributed by atoms with Gasteiger partial charge in [-0.1, -0.05) is 22.5 Å². The van der Waals surface area contributed by atoms with Crippen LogP contribution >= 0.6 is 15.9 Å².